The molecule has 1 aromatic rings. The number of amides is 1. The van der Waals surface area contributed by atoms with Crippen molar-refractivity contribution in [2.24, 2.45) is 0 Å². The van der Waals surface area contributed by atoms with Gasteiger partial charge in [-0.3, -0.25) is 4.79 Å². The van der Waals surface area contributed by atoms with Gasteiger partial charge in [-0.05, 0) is 24.6 Å². The van der Waals surface area contributed by atoms with E-state index in [4.69, 9.17) is 0 Å². The van der Waals surface area contributed by atoms with Crippen LogP contribution in [-0.2, 0) is 6.54 Å². The van der Waals surface area contributed by atoms with Crippen molar-refractivity contribution in [1.29, 1.82) is 0 Å². The molecule has 0 aliphatic heterocycles. The first-order valence-electron chi connectivity index (χ1n) is 5.34. The van der Waals surface area contributed by atoms with Crippen molar-refractivity contribution in [2.75, 3.05) is 7.05 Å². The van der Waals surface area contributed by atoms with E-state index in [1.807, 2.05) is 37.3 Å². The molecule has 0 spiro atoms. The van der Waals surface area contributed by atoms with Crippen LogP contribution < -0.4 is 10.6 Å². The second kappa shape index (κ2) is 6.08. The highest BCUT2D eigenvalue weighted by molar-refractivity contribution is 5.93. The van der Waals surface area contributed by atoms with E-state index in [9.17, 15) is 4.79 Å². The average molecular weight is 218 g/mol. The molecule has 0 aliphatic carbocycles. The molecule has 1 rings (SSSR count). The van der Waals surface area contributed by atoms with Crippen LogP contribution in [0, 0.1) is 0 Å². The largest absolute Gasteiger partial charge is 0.355 e. The maximum absolute atomic E-state index is 11.3. The molecular formula is C13H18N2O. The predicted octanol–water partition coefficient (Wildman–Crippen LogP) is 1.71. The van der Waals surface area contributed by atoms with E-state index in [1.165, 1.54) is 0 Å². The summed E-state index contributed by atoms with van der Waals surface area (Å²) in [7, 11) is 1.63. The Morgan fingerprint density at radius 1 is 1.44 bits per heavy atom. The first-order chi connectivity index (χ1) is 7.67. The number of rotatable bonds is 5. The number of carbonyl (C=O) groups excluding carboxylic acids is 1. The summed E-state index contributed by atoms with van der Waals surface area (Å²) < 4.78 is 0. The van der Waals surface area contributed by atoms with Crippen LogP contribution in [0.1, 0.15) is 22.8 Å². The van der Waals surface area contributed by atoms with E-state index >= 15 is 0 Å². The standard InChI is InChI=1S/C13H18N2O/c1-4-10(2)15-9-11-5-7-12(8-6-11)13(16)14-3/h4-8,10,15H,1,9H2,2-3H3,(H,14,16). The lowest BCUT2D eigenvalue weighted by molar-refractivity contribution is 0.0963. The quantitative estimate of drug-likeness (QED) is 0.739. The molecule has 0 fully saturated rings. The van der Waals surface area contributed by atoms with Crippen LogP contribution in [0.4, 0.5) is 0 Å². The van der Waals surface area contributed by atoms with Gasteiger partial charge in [0.25, 0.3) is 5.91 Å². The van der Waals surface area contributed by atoms with Gasteiger partial charge in [-0.15, -0.1) is 6.58 Å². The molecular weight excluding hydrogens is 200 g/mol. The smallest absolute Gasteiger partial charge is 0.251 e. The van der Waals surface area contributed by atoms with Crippen molar-refractivity contribution in [2.45, 2.75) is 19.5 Å². The van der Waals surface area contributed by atoms with Crippen LogP contribution in [0.5, 0.6) is 0 Å². The Bertz CT molecular complexity index is 357. The second-order valence-electron chi connectivity index (χ2n) is 3.68. The van der Waals surface area contributed by atoms with E-state index in [2.05, 4.69) is 17.2 Å². The minimum absolute atomic E-state index is 0.0565. The van der Waals surface area contributed by atoms with Gasteiger partial charge in [-0.2, -0.15) is 0 Å². The van der Waals surface area contributed by atoms with Gasteiger partial charge in [0.05, 0.1) is 0 Å². The molecule has 1 atom stereocenters. The van der Waals surface area contributed by atoms with Gasteiger partial charge in [-0.1, -0.05) is 18.2 Å². The molecule has 0 aromatic heterocycles. The third-order valence-corrected chi connectivity index (χ3v) is 2.42. The van der Waals surface area contributed by atoms with Gasteiger partial charge in [0.1, 0.15) is 0 Å². The molecule has 1 unspecified atom stereocenters. The van der Waals surface area contributed by atoms with Crippen LogP contribution in [0.3, 0.4) is 0 Å². The molecule has 0 aliphatic rings. The van der Waals surface area contributed by atoms with Crippen LogP contribution >= 0.6 is 0 Å². The van der Waals surface area contributed by atoms with Gasteiger partial charge in [0.15, 0.2) is 0 Å². The highest BCUT2D eigenvalue weighted by Crippen LogP contribution is 2.04. The molecule has 86 valence electrons. The fraction of sp³-hybridized carbons (Fsp3) is 0.308. The summed E-state index contributed by atoms with van der Waals surface area (Å²) in [6.07, 6.45) is 1.86. The highest BCUT2D eigenvalue weighted by Gasteiger charge is 2.02. The number of nitrogens with one attached hydrogen (secondary N) is 2. The molecule has 0 radical (unpaired) electrons. The molecule has 16 heavy (non-hydrogen) atoms. The van der Waals surface area contributed by atoms with Crippen LogP contribution in [-0.4, -0.2) is 19.0 Å². The Hall–Kier alpha value is -1.61. The van der Waals surface area contributed by atoms with Crippen molar-refractivity contribution in [3.8, 4) is 0 Å². The first-order valence-corrected chi connectivity index (χ1v) is 5.34. The van der Waals surface area contributed by atoms with E-state index < -0.39 is 0 Å². The molecule has 2 N–H and O–H groups in total. The summed E-state index contributed by atoms with van der Waals surface area (Å²) in [5.74, 6) is -0.0565. The van der Waals surface area contributed by atoms with Crippen LogP contribution in [0.25, 0.3) is 0 Å². The van der Waals surface area contributed by atoms with E-state index in [1.54, 1.807) is 7.05 Å². The lowest BCUT2D eigenvalue weighted by atomic mass is 10.1. The number of benzene rings is 1. The third-order valence-electron chi connectivity index (χ3n) is 2.42. The fourth-order valence-electron chi connectivity index (χ4n) is 1.28. The zero-order valence-corrected chi connectivity index (χ0v) is 9.79. The first kappa shape index (κ1) is 12.5. The van der Waals surface area contributed by atoms with Gasteiger partial charge < -0.3 is 10.6 Å². The van der Waals surface area contributed by atoms with E-state index in [-0.39, 0.29) is 5.91 Å². The Kier molecular flexibility index (Phi) is 4.73. The summed E-state index contributed by atoms with van der Waals surface area (Å²) in [5.41, 5.74) is 1.84. The maximum Gasteiger partial charge on any atom is 0.251 e. The minimum Gasteiger partial charge on any atom is -0.355 e. The summed E-state index contributed by atoms with van der Waals surface area (Å²) in [6.45, 7) is 6.53. The lowest BCUT2D eigenvalue weighted by Gasteiger charge is -2.09. The highest BCUT2D eigenvalue weighted by atomic mass is 16.1. The Morgan fingerprint density at radius 2 is 2.06 bits per heavy atom. The van der Waals surface area contributed by atoms with Crippen molar-refractivity contribution in [1.82, 2.24) is 10.6 Å². The van der Waals surface area contributed by atoms with Crippen molar-refractivity contribution < 1.29 is 4.79 Å². The van der Waals surface area contributed by atoms with Crippen molar-refractivity contribution in [3.63, 3.8) is 0 Å². The van der Waals surface area contributed by atoms with Crippen molar-refractivity contribution in [3.05, 3.63) is 48.0 Å². The number of hydrogen-bond acceptors (Lipinski definition) is 2. The SMILES string of the molecule is C=CC(C)NCc1ccc(C(=O)NC)cc1. The van der Waals surface area contributed by atoms with Gasteiger partial charge >= 0.3 is 0 Å². The van der Waals surface area contributed by atoms with Crippen molar-refractivity contribution >= 4 is 5.91 Å². The zero-order chi connectivity index (χ0) is 12.0. The number of hydrogen-bond donors (Lipinski definition) is 2. The molecule has 1 amide bonds. The Labute approximate surface area is 96.6 Å². The average Bonchev–Trinajstić information content (AvgIpc) is 2.35. The lowest BCUT2D eigenvalue weighted by Crippen LogP contribution is -2.23. The third kappa shape index (κ3) is 3.51. The molecule has 0 heterocycles. The van der Waals surface area contributed by atoms with Gasteiger partial charge in [0.2, 0.25) is 0 Å². The molecule has 3 heteroatoms. The minimum atomic E-state index is -0.0565. The Balaban J connectivity index is 2.58. The maximum atomic E-state index is 11.3. The summed E-state index contributed by atoms with van der Waals surface area (Å²) >= 11 is 0. The zero-order valence-electron chi connectivity index (χ0n) is 9.79. The summed E-state index contributed by atoms with van der Waals surface area (Å²) in [4.78, 5) is 11.3. The van der Waals surface area contributed by atoms with E-state index in [0.29, 0.717) is 11.6 Å². The topological polar surface area (TPSA) is 41.1 Å². The molecule has 3 nitrogen and oxygen atoms in total. The molecule has 0 saturated carbocycles. The second-order valence-corrected chi connectivity index (χ2v) is 3.68. The summed E-state index contributed by atoms with van der Waals surface area (Å²) in [6, 6.07) is 7.85. The van der Waals surface area contributed by atoms with Gasteiger partial charge in [-0.25, -0.2) is 0 Å². The predicted molar refractivity (Wildman–Crippen MR) is 66.3 cm³/mol. The fourth-order valence-corrected chi connectivity index (χ4v) is 1.28. The number of carbonyl (C=O) groups is 1. The van der Waals surface area contributed by atoms with Crippen LogP contribution in [0.2, 0.25) is 0 Å². The monoisotopic (exact) mass is 218 g/mol. The summed E-state index contributed by atoms with van der Waals surface area (Å²) in [5, 5.41) is 5.88. The normalized spacial score (nSPS) is 11.9. The molecule has 0 saturated heterocycles. The molecule has 1 aromatic carbocycles. The Morgan fingerprint density at radius 3 is 2.56 bits per heavy atom. The van der Waals surface area contributed by atoms with Crippen LogP contribution in [0.15, 0.2) is 36.9 Å². The van der Waals surface area contributed by atoms with Gasteiger partial charge in [0, 0.05) is 25.2 Å². The molecule has 0 bridgehead atoms. The van der Waals surface area contributed by atoms with E-state index in [0.717, 1.165) is 12.1 Å².